The molecule has 1 unspecified atom stereocenters. The minimum absolute atomic E-state index is 0.0525. The average molecular weight is 544 g/mol. The van der Waals surface area contributed by atoms with E-state index in [1.165, 1.54) is 24.3 Å². The molecule has 13 heteroatoms. The number of hydrogen-bond acceptors (Lipinski definition) is 4. The quantitative estimate of drug-likeness (QED) is 0.346. The second-order valence-corrected chi connectivity index (χ2v) is 7.85. The third-order valence-corrected chi connectivity index (χ3v) is 5.28. The lowest BCUT2D eigenvalue weighted by Gasteiger charge is -2.16. The number of urea groups is 1. The van der Waals surface area contributed by atoms with Crippen molar-refractivity contribution in [2.75, 3.05) is 5.32 Å². The molecule has 3 amide bonds. The molecule has 0 aliphatic rings. The number of hydrogen-bond donors (Lipinski definition) is 2. The number of imide groups is 1. The average Bonchev–Trinajstić information content (AvgIpc) is 2.77. The molecule has 6 nitrogen and oxygen atoms in total. The molecule has 0 aliphatic carbocycles. The normalized spacial score (nSPS) is 11.8. The summed E-state index contributed by atoms with van der Waals surface area (Å²) in [6.07, 6.45) is -4.88. The third kappa shape index (κ3) is 6.41. The minimum atomic E-state index is -4.88. The topological polar surface area (TPSA) is 91.2 Å². The van der Waals surface area contributed by atoms with E-state index in [2.05, 4.69) is 10.1 Å². The summed E-state index contributed by atoms with van der Waals surface area (Å²) in [4.78, 5) is 24.2. The van der Waals surface area contributed by atoms with Gasteiger partial charge in [-0.3, -0.25) is 10.1 Å². The molecular weight excluding hydrogens is 532 g/mol. The fraction of sp³-hybridized carbons (Fsp3) is 0.0870. The molecule has 3 aromatic rings. The van der Waals surface area contributed by atoms with E-state index in [0.29, 0.717) is 0 Å². The van der Waals surface area contributed by atoms with Crippen LogP contribution in [0.15, 0.2) is 54.6 Å². The zero-order chi connectivity index (χ0) is 26.6. The van der Waals surface area contributed by atoms with Crippen LogP contribution >= 0.6 is 23.2 Å². The number of halogens is 7. The maximum Gasteiger partial charge on any atom is 0.573 e. The number of nitrogens with zero attached hydrogens (tertiary/aromatic N) is 1. The van der Waals surface area contributed by atoms with Gasteiger partial charge in [-0.2, -0.15) is 5.26 Å². The lowest BCUT2D eigenvalue weighted by atomic mass is 9.92. The lowest BCUT2D eigenvalue weighted by Crippen LogP contribution is -2.35. The van der Waals surface area contributed by atoms with E-state index < -0.39 is 47.2 Å². The summed E-state index contributed by atoms with van der Waals surface area (Å²) in [5.74, 6) is -5.23. The van der Waals surface area contributed by atoms with Gasteiger partial charge in [-0.25, -0.2) is 13.6 Å². The number of benzene rings is 3. The fourth-order valence-electron chi connectivity index (χ4n) is 3.10. The molecular formula is C23H12Cl2F5N3O3. The summed E-state index contributed by atoms with van der Waals surface area (Å²) in [5.41, 5.74) is -0.615. The summed E-state index contributed by atoms with van der Waals surface area (Å²) >= 11 is 12.4. The van der Waals surface area contributed by atoms with Crippen LogP contribution in [0.25, 0.3) is 0 Å². The van der Waals surface area contributed by atoms with Crippen LogP contribution < -0.4 is 15.4 Å². The monoisotopic (exact) mass is 543 g/mol. The van der Waals surface area contributed by atoms with Crippen molar-refractivity contribution in [2.45, 2.75) is 12.3 Å². The molecule has 0 bridgehead atoms. The van der Waals surface area contributed by atoms with Crippen molar-refractivity contribution in [2.24, 2.45) is 0 Å². The molecule has 3 aromatic carbocycles. The highest BCUT2D eigenvalue weighted by Gasteiger charge is 2.31. The van der Waals surface area contributed by atoms with Gasteiger partial charge < -0.3 is 10.1 Å². The Bertz CT molecular complexity index is 1340. The predicted molar refractivity (Wildman–Crippen MR) is 120 cm³/mol. The van der Waals surface area contributed by atoms with Gasteiger partial charge >= 0.3 is 12.4 Å². The molecule has 0 fully saturated rings. The first-order chi connectivity index (χ1) is 16.9. The number of alkyl halides is 3. The maximum atomic E-state index is 13.7. The van der Waals surface area contributed by atoms with Gasteiger partial charge in [0.05, 0.1) is 22.7 Å². The van der Waals surface area contributed by atoms with Crippen LogP contribution in [0, 0.1) is 23.0 Å². The van der Waals surface area contributed by atoms with Crippen molar-refractivity contribution in [1.29, 1.82) is 5.26 Å². The minimum Gasteiger partial charge on any atom is -0.406 e. The van der Waals surface area contributed by atoms with Crippen LogP contribution in [0.1, 0.15) is 27.4 Å². The van der Waals surface area contributed by atoms with Gasteiger partial charge in [0.15, 0.2) is 0 Å². The van der Waals surface area contributed by atoms with Crippen molar-refractivity contribution in [1.82, 2.24) is 5.32 Å². The highest BCUT2D eigenvalue weighted by atomic mass is 35.5. The van der Waals surface area contributed by atoms with Crippen LogP contribution in [-0.4, -0.2) is 18.3 Å². The fourth-order valence-corrected chi connectivity index (χ4v) is 3.59. The molecule has 0 saturated heterocycles. The van der Waals surface area contributed by atoms with E-state index in [1.807, 2.05) is 6.07 Å². The molecule has 0 radical (unpaired) electrons. The van der Waals surface area contributed by atoms with E-state index in [4.69, 9.17) is 23.2 Å². The number of nitriles is 1. The van der Waals surface area contributed by atoms with Crippen molar-refractivity contribution in [3.8, 4) is 11.8 Å². The zero-order valence-electron chi connectivity index (χ0n) is 17.6. The van der Waals surface area contributed by atoms with Crippen LogP contribution in [0.5, 0.6) is 5.75 Å². The molecule has 186 valence electrons. The highest BCUT2D eigenvalue weighted by Crippen LogP contribution is 2.37. The first-order valence-corrected chi connectivity index (χ1v) is 10.5. The van der Waals surface area contributed by atoms with Gasteiger partial charge in [0.25, 0.3) is 5.91 Å². The first-order valence-electron chi connectivity index (χ1n) is 9.70. The second kappa shape index (κ2) is 10.8. The largest absolute Gasteiger partial charge is 0.573 e. The Morgan fingerprint density at radius 3 is 2.14 bits per heavy atom. The highest BCUT2D eigenvalue weighted by molar-refractivity contribution is 6.36. The number of nitrogens with one attached hydrogen (secondary N) is 2. The number of amides is 3. The summed E-state index contributed by atoms with van der Waals surface area (Å²) in [5, 5.41) is 13.4. The molecule has 3 rings (SSSR count). The summed E-state index contributed by atoms with van der Waals surface area (Å²) < 4.78 is 68.3. The number of carbonyl (C=O) groups is 2. The molecule has 1 atom stereocenters. The molecule has 36 heavy (non-hydrogen) atoms. The maximum absolute atomic E-state index is 13.7. The number of rotatable bonds is 5. The van der Waals surface area contributed by atoms with Crippen LogP contribution in [0.2, 0.25) is 10.0 Å². The second-order valence-electron chi connectivity index (χ2n) is 7.04. The van der Waals surface area contributed by atoms with Gasteiger partial charge in [-0.1, -0.05) is 41.4 Å². The zero-order valence-corrected chi connectivity index (χ0v) is 19.1. The Morgan fingerprint density at radius 2 is 1.58 bits per heavy atom. The first kappa shape index (κ1) is 26.7. The summed E-state index contributed by atoms with van der Waals surface area (Å²) in [7, 11) is 0. The number of carbonyl (C=O) groups excluding carboxylic acids is 2. The standard InChI is InChI=1S/C23H12Cl2F5N3O3/c24-15-9-19(32-22(35)33-21(34)20-17(26)2-1-3-18(20)27)16(25)8-13(15)14(10-31)11-4-6-12(7-5-11)36-23(28,29)30/h1-9,14H,(H2,32,33,34,35). The summed E-state index contributed by atoms with van der Waals surface area (Å²) in [6, 6.07) is 10.5. The van der Waals surface area contributed by atoms with Gasteiger partial charge in [-0.05, 0) is 47.5 Å². The molecule has 0 saturated carbocycles. The van der Waals surface area contributed by atoms with Gasteiger partial charge in [0.1, 0.15) is 22.9 Å². The van der Waals surface area contributed by atoms with Crippen molar-refractivity contribution >= 4 is 40.8 Å². The number of anilines is 1. The molecule has 0 spiro atoms. The van der Waals surface area contributed by atoms with Crippen LogP contribution in [-0.2, 0) is 0 Å². The Kier molecular flexibility index (Phi) is 8.02. The predicted octanol–water partition coefficient (Wildman–Crippen LogP) is 6.79. The van der Waals surface area contributed by atoms with Gasteiger partial charge in [0.2, 0.25) is 0 Å². The van der Waals surface area contributed by atoms with E-state index in [1.54, 1.807) is 5.32 Å². The Labute approximate surface area is 210 Å². The smallest absolute Gasteiger partial charge is 0.406 e. The Balaban J connectivity index is 1.78. The molecule has 0 heterocycles. The Hall–Kier alpha value is -3.88. The van der Waals surface area contributed by atoms with E-state index in [0.717, 1.165) is 30.3 Å². The number of ether oxygens (including phenoxy) is 1. The molecule has 0 aromatic heterocycles. The molecule has 2 N–H and O–H groups in total. The SMILES string of the molecule is N#CC(c1ccc(OC(F)(F)F)cc1)c1cc(Cl)c(NC(=O)NC(=O)c2c(F)cccc2F)cc1Cl. The van der Waals surface area contributed by atoms with Crippen molar-refractivity contribution in [3.05, 3.63) is 93.0 Å². The summed E-state index contributed by atoms with van der Waals surface area (Å²) in [6.45, 7) is 0. The Morgan fingerprint density at radius 1 is 0.972 bits per heavy atom. The van der Waals surface area contributed by atoms with Gasteiger partial charge in [-0.15, -0.1) is 13.2 Å². The molecule has 0 aliphatic heterocycles. The van der Waals surface area contributed by atoms with Crippen molar-refractivity contribution < 1.29 is 36.3 Å². The van der Waals surface area contributed by atoms with E-state index in [9.17, 15) is 36.8 Å². The van der Waals surface area contributed by atoms with E-state index >= 15 is 0 Å². The van der Waals surface area contributed by atoms with Crippen molar-refractivity contribution in [3.63, 3.8) is 0 Å². The van der Waals surface area contributed by atoms with Crippen LogP contribution in [0.3, 0.4) is 0 Å². The van der Waals surface area contributed by atoms with Gasteiger partial charge in [0, 0.05) is 5.02 Å². The lowest BCUT2D eigenvalue weighted by molar-refractivity contribution is -0.274. The van der Waals surface area contributed by atoms with Crippen LogP contribution in [0.4, 0.5) is 32.4 Å². The third-order valence-electron chi connectivity index (χ3n) is 4.64. The van der Waals surface area contributed by atoms with E-state index in [-0.39, 0.29) is 26.9 Å².